The number of anilines is 2. The number of nitrogens with one attached hydrogen (secondary N) is 2. The quantitative estimate of drug-likeness (QED) is 0.0181. The van der Waals surface area contributed by atoms with Gasteiger partial charge in [-0.05, 0) is 106 Å². The molecule has 0 radical (unpaired) electrons. The highest BCUT2D eigenvalue weighted by atomic mass is 16.2. The molecule has 0 saturated heterocycles. The van der Waals surface area contributed by atoms with Gasteiger partial charge in [-0.1, -0.05) is 254 Å². The summed E-state index contributed by atoms with van der Waals surface area (Å²) < 4.78 is 0. The minimum Gasteiger partial charge on any atom is -0.268 e. The molecule has 0 atom stereocenters. The molecule has 8 heteroatoms. The number of imide groups is 2. The van der Waals surface area contributed by atoms with E-state index >= 15 is 19.2 Å². The summed E-state index contributed by atoms with van der Waals surface area (Å²) >= 11 is 0. The fourth-order valence-corrected chi connectivity index (χ4v) is 15.7. The average Bonchev–Trinajstić information content (AvgIpc) is 0.693. The van der Waals surface area contributed by atoms with E-state index in [4.69, 9.17) is 0 Å². The number of aryl methyl sites for hydroxylation is 2. The lowest BCUT2D eigenvalue weighted by Gasteiger charge is -2.31. The molecular formula is C82H90N4O4+2. The van der Waals surface area contributed by atoms with Crippen LogP contribution >= 0.6 is 0 Å². The minimum absolute atomic E-state index is 0.353. The molecular weight excluding hydrogens is 1100 g/mol. The van der Waals surface area contributed by atoms with Gasteiger partial charge in [-0.3, -0.25) is 19.2 Å². The standard InChI is InChI=1S/C82H88N4O4/c1-3-5-7-9-11-13-15-17-19-21-23-25-27-29-37-55-39-35-45-69-71(55)77(61-41-31-33-43-67(61)83-69)85-79(87)63-51-47-57-59-49-53-65-76-66(54-50-60(74(59)76)58-48-52-64(80(85)88)75(63)73(57)58)82(90)86(81(65)89)78-62-42-32-34-44-68(62)84-70-46-36-40-56(72(70)78)38-30-28-26-24-22-20-18-16-14-12-10-8-6-4-2/h31-36,39-54H,3-30,37-38H2,1-2H3/p+2. The van der Waals surface area contributed by atoms with Crippen LogP contribution in [-0.4, -0.2) is 23.6 Å². The summed E-state index contributed by atoms with van der Waals surface area (Å²) in [6.07, 6.45) is 37.9. The van der Waals surface area contributed by atoms with Crippen LogP contribution in [0.3, 0.4) is 0 Å². The molecule has 0 aliphatic carbocycles. The zero-order valence-electron chi connectivity index (χ0n) is 53.4. The van der Waals surface area contributed by atoms with E-state index in [2.05, 4.69) is 60.2 Å². The molecule has 13 rings (SSSR count). The Morgan fingerprint density at radius 1 is 0.256 bits per heavy atom. The third-order valence-electron chi connectivity index (χ3n) is 20.4. The van der Waals surface area contributed by atoms with Crippen molar-refractivity contribution < 1.29 is 29.1 Å². The van der Waals surface area contributed by atoms with Crippen molar-refractivity contribution in [2.75, 3.05) is 9.80 Å². The van der Waals surface area contributed by atoms with Crippen LogP contribution in [0.2, 0.25) is 0 Å². The molecule has 2 aromatic heterocycles. The normalized spacial score (nSPS) is 13.5. The molecule has 0 bridgehead atoms. The lowest BCUT2D eigenvalue weighted by atomic mass is 9.82. The number of fused-ring (bicyclic) bond motifs is 6. The zero-order valence-corrected chi connectivity index (χ0v) is 53.4. The van der Waals surface area contributed by atoms with Crippen molar-refractivity contribution in [3.05, 3.63) is 167 Å². The molecule has 8 nitrogen and oxygen atoms in total. The SMILES string of the molecule is CCCCCCCCCCCCCCCCc1cccc2[nH+]c3ccccc3c(N3C(=O)c4ccc5c6ccc7c8c(ccc(c9ccc(c4c59)C3=O)c86)C(=O)N(c3c4ccccc4[nH+]c4cccc(CCCCCCCCCCCCCCCC)c34)C7=O)c12. The molecule has 2 N–H and O–H groups in total. The highest BCUT2D eigenvalue weighted by Crippen LogP contribution is 2.49. The molecule has 4 heterocycles. The molecule has 4 amide bonds. The van der Waals surface area contributed by atoms with Crippen LogP contribution in [0.15, 0.2) is 133 Å². The van der Waals surface area contributed by atoms with Gasteiger partial charge in [0.15, 0.2) is 0 Å². The van der Waals surface area contributed by atoms with Gasteiger partial charge >= 0.3 is 0 Å². The van der Waals surface area contributed by atoms with Gasteiger partial charge in [0, 0.05) is 57.3 Å². The van der Waals surface area contributed by atoms with E-state index in [-0.39, 0.29) is 23.6 Å². The van der Waals surface area contributed by atoms with Gasteiger partial charge in [-0.2, -0.15) is 0 Å². The average molecular weight is 1200 g/mol. The first-order chi connectivity index (χ1) is 44.4. The number of unbranched alkanes of at least 4 members (excludes halogenated alkanes) is 26. The Morgan fingerprint density at radius 3 is 0.844 bits per heavy atom. The molecule has 11 aromatic rings. The van der Waals surface area contributed by atoms with Gasteiger partial charge in [-0.25, -0.2) is 19.8 Å². The smallest absolute Gasteiger partial charge is 0.266 e. The summed E-state index contributed by atoms with van der Waals surface area (Å²) in [6.45, 7) is 4.56. The molecule has 90 heavy (non-hydrogen) atoms. The second kappa shape index (κ2) is 28.0. The number of aromatic amines is 2. The first kappa shape index (κ1) is 60.8. The van der Waals surface area contributed by atoms with Crippen LogP contribution in [0.1, 0.15) is 246 Å². The fourth-order valence-electron chi connectivity index (χ4n) is 15.7. The highest BCUT2D eigenvalue weighted by Gasteiger charge is 2.41. The first-order valence-corrected chi connectivity index (χ1v) is 35.1. The first-order valence-electron chi connectivity index (χ1n) is 35.1. The van der Waals surface area contributed by atoms with Crippen molar-refractivity contribution >= 4 is 122 Å². The maximum atomic E-state index is 15.6. The molecule has 460 valence electrons. The lowest BCUT2D eigenvalue weighted by molar-refractivity contribution is -0.310. The highest BCUT2D eigenvalue weighted by molar-refractivity contribution is 6.47. The van der Waals surface area contributed by atoms with Crippen LogP contribution in [0, 0.1) is 0 Å². The van der Waals surface area contributed by atoms with E-state index in [0.29, 0.717) is 44.4 Å². The molecule has 9 aromatic carbocycles. The predicted molar refractivity (Wildman–Crippen MR) is 374 cm³/mol. The van der Waals surface area contributed by atoms with Crippen molar-refractivity contribution in [1.82, 2.24) is 0 Å². The number of nitrogens with zero attached hydrogens (tertiary/aromatic N) is 2. The van der Waals surface area contributed by atoms with Gasteiger partial charge in [0.25, 0.3) is 23.6 Å². The van der Waals surface area contributed by atoms with Crippen molar-refractivity contribution in [1.29, 1.82) is 0 Å². The van der Waals surface area contributed by atoms with Gasteiger partial charge in [-0.15, -0.1) is 0 Å². The minimum atomic E-state index is -0.353. The Kier molecular flexibility index (Phi) is 18.9. The summed E-state index contributed by atoms with van der Waals surface area (Å²) in [5.74, 6) is -1.41. The predicted octanol–water partition coefficient (Wildman–Crippen LogP) is 21.6. The van der Waals surface area contributed by atoms with Crippen LogP contribution in [0.25, 0.3) is 86.7 Å². The number of hydrogen-bond donors (Lipinski definition) is 0. The molecule has 0 saturated carbocycles. The van der Waals surface area contributed by atoms with Crippen LogP contribution < -0.4 is 19.8 Å². The molecule has 2 aliphatic heterocycles. The maximum absolute atomic E-state index is 15.6. The Morgan fingerprint density at radius 2 is 0.533 bits per heavy atom. The molecule has 0 spiro atoms. The second-order valence-electron chi connectivity index (χ2n) is 26.4. The van der Waals surface area contributed by atoms with Gasteiger partial charge in [0.2, 0.25) is 22.1 Å². The van der Waals surface area contributed by atoms with Gasteiger partial charge in [0.05, 0.1) is 32.9 Å². The number of hydrogen-bond acceptors (Lipinski definition) is 4. The number of amides is 4. The van der Waals surface area contributed by atoms with E-state index in [0.717, 1.165) is 126 Å². The maximum Gasteiger partial charge on any atom is 0.266 e. The van der Waals surface area contributed by atoms with Crippen LogP contribution in [0.5, 0.6) is 0 Å². The monoisotopic (exact) mass is 1190 g/mol. The Balaban J connectivity index is 0.776. The summed E-state index contributed by atoms with van der Waals surface area (Å²) in [6, 6.07) is 44.3. The third-order valence-corrected chi connectivity index (χ3v) is 20.4. The lowest BCUT2D eigenvalue weighted by Crippen LogP contribution is -2.41. The number of H-pyrrole nitrogens is 2. The number of carbonyl (C=O) groups is 4. The number of aromatic nitrogens is 2. The van der Waals surface area contributed by atoms with Crippen LogP contribution in [-0.2, 0) is 12.8 Å². The molecule has 0 fully saturated rings. The van der Waals surface area contributed by atoms with Crippen molar-refractivity contribution in [3.8, 4) is 0 Å². The van der Waals surface area contributed by atoms with E-state index in [1.54, 1.807) is 0 Å². The van der Waals surface area contributed by atoms with Crippen molar-refractivity contribution in [3.63, 3.8) is 0 Å². The van der Waals surface area contributed by atoms with Gasteiger partial charge < -0.3 is 0 Å². The number of benzene rings is 9. The summed E-state index contributed by atoms with van der Waals surface area (Å²) in [4.78, 5) is 72.6. The zero-order chi connectivity index (χ0) is 61.5. The largest absolute Gasteiger partial charge is 0.268 e. The topological polar surface area (TPSA) is 103 Å². The van der Waals surface area contributed by atoms with E-state index < -0.39 is 0 Å². The summed E-state index contributed by atoms with van der Waals surface area (Å²) in [5, 5.41) is 9.84. The number of carbonyl (C=O) groups excluding carboxylic acids is 4. The van der Waals surface area contributed by atoms with E-state index in [1.165, 1.54) is 164 Å². The van der Waals surface area contributed by atoms with E-state index in [9.17, 15) is 0 Å². The van der Waals surface area contributed by atoms with Crippen molar-refractivity contribution in [2.24, 2.45) is 0 Å². The fraction of sp³-hybridized carbons (Fsp3) is 0.390. The Hall–Kier alpha value is -8.10. The van der Waals surface area contributed by atoms with Crippen molar-refractivity contribution in [2.45, 2.75) is 206 Å². The molecule has 2 aliphatic rings. The number of pyridine rings is 2. The number of para-hydroxylation sites is 2. The third kappa shape index (κ3) is 11.7. The van der Waals surface area contributed by atoms with Crippen LogP contribution in [0.4, 0.5) is 11.4 Å². The summed E-state index contributed by atoms with van der Waals surface area (Å²) in [5.41, 5.74) is 8.87. The molecule has 0 unspecified atom stereocenters. The summed E-state index contributed by atoms with van der Waals surface area (Å²) in [7, 11) is 0. The number of rotatable bonds is 32. The second-order valence-corrected chi connectivity index (χ2v) is 26.4. The van der Waals surface area contributed by atoms with Gasteiger partial charge in [0.1, 0.15) is 0 Å². The Bertz CT molecular complexity index is 4080. The van der Waals surface area contributed by atoms with E-state index in [1.807, 2.05) is 97.1 Å². The Labute approximate surface area is 531 Å².